The first-order valence-electron chi connectivity index (χ1n) is 17.5. The molecule has 2 nitrogen and oxygen atoms in total. The number of hydrogen-bond acceptors (Lipinski definition) is 1. The Labute approximate surface area is 284 Å². The zero-order valence-corrected chi connectivity index (χ0v) is 28.4. The number of benzene rings is 5. The molecule has 0 atom stereocenters. The lowest BCUT2D eigenvalue weighted by molar-refractivity contribution is 0.330. The van der Waals surface area contributed by atoms with Gasteiger partial charge < -0.3 is 9.47 Å². The van der Waals surface area contributed by atoms with Gasteiger partial charge in [0.2, 0.25) is 0 Å². The largest absolute Gasteiger partial charge is 0.335 e. The fourth-order valence-electron chi connectivity index (χ4n) is 8.58. The first kappa shape index (κ1) is 29.1. The van der Waals surface area contributed by atoms with E-state index in [2.05, 4.69) is 171 Å². The number of hydrogen-bond donors (Lipinski definition) is 0. The molecular weight excluding hydrogens is 581 g/mol. The molecule has 2 heterocycles. The fourth-order valence-corrected chi connectivity index (χ4v) is 8.58. The van der Waals surface area contributed by atoms with Crippen molar-refractivity contribution in [2.75, 3.05) is 4.90 Å². The lowest BCUT2D eigenvalue weighted by atomic mass is 9.72. The van der Waals surface area contributed by atoms with E-state index in [1.54, 1.807) is 0 Å². The predicted octanol–water partition coefficient (Wildman–Crippen LogP) is 12.5. The summed E-state index contributed by atoms with van der Waals surface area (Å²) in [4.78, 5) is 2.54. The summed E-state index contributed by atoms with van der Waals surface area (Å²) in [6.07, 6.45) is 13.8. The first-order valence-corrected chi connectivity index (χ1v) is 17.5. The van der Waals surface area contributed by atoms with Crippen molar-refractivity contribution in [2.45, 2.75) is 64.3 Å². The molecule has 0 saturated carbocycles. The van der Waals surface area contributed by atoms with E-state index in [9.17, 15) is 0 Å². The van der Waals surface area contributed by atoms with Gasteiger partial charge in [-0.15, -0.1) is 0 Å². The number of nitrogens with zero attached hydrogens (tertiary/aromatic N) is 2. The summed E-state index contributed by atoms with van der Waals surface area (Å²) >= 11 is 0. The van der Waals surface area contributed by atoms with Gasteiger partial charge in [-0.1, -0.05) is 105 Å². The van der Waals surface area contributed by atoms with E-state index >= 15 is 0 Å². The molecule has 48 heavy (non-hydrogen) atoms. The minimum Gasteiger partial charge on any atom is -0.335 e. The molecule has 0 saturated heterocycles. The van der Waals surface area contributed by atoms with Crippen LogP contribution in [0, 0.1) is 0 Å². The first-order chi connectivity index (χ1) is 23.3. The molecule has 236 valence electrons. The van der Waals surface area contributed by atoms with Crippen LogP contribution in [0.2, 0.25) is 0 Å². The van der Waals surface area contributed by atoms with E-state index in [4.69, 9.17) is 0 Å². The van der Waals surface area contributed by atoms with Crippen molar-refractivity contribution in [1.82, 2.24) is 4.57 Å². The quantitative estimate of drug-likeness (QED) is 0.190. The molecule has 0 N–H and O–H groups in total. The van der Waals surface area contributed by atoms with Gasteiger partial charge in [0.25, 0.3) is 0 Å². The van der Waals surface area contributed by atoms with Gasteiger partial charge in [0.05, 0.1) is 11.0 Å². The minimum atomic E-state index is -0.0299. The van der Waals surface area contributed by atoms with Gasteiger partial charge in [0, 0.05) is 38.8 Å². The molecule has 3 aliphatic rings. The molecule has 6 aromatic rings. The van der Waals surface area contributed by atoms with Crippen LogP contribution in [0.3, 0.4) is 0 Å². The highest BCUT2D eigenvalue weighted by molar-refractivity contribution is 6.14. The Morgan fingerprint density at radius 1 is 0.521 bits per heavy atom. The lowest BCUT2D eigenvalue weighted by Crippen LogP contribution is -2.48. The predicted molar refractivity (Wildman–Crippen MR) is 206 cm³/mol. The average molecular weight is 623 g/mol. The number of fused-ring (bicyclic) bond motifs is 5. The molecular formula is C46H42N2. The highest BCUT2D eigenvalue weighted by atomic mass is 15.2. The van der Waals surface area contributed by atoms with Crippen LogP contribution in [0.25, 0.3) is 43.8 Å². The van der Waals surface area contributed by atoms with Crippen LogP contribution < -0.4 is 4.90 Å². The third kappa shape index (κ3) is 4.32. The van der Waals surface area contributed by atoms with Gasteiger partial charge in [-0.3, -0.25) is 0 Å². The molecule has 2 heteroatoms. The molecule has 0 bridgehead atoms. The van der Waals surface area contributed by atoms with Crippen molar-refractivity contribution < 1.29 is 0 Å². The minimum absolute atomic E-state index is 0.0299. The zero-order chi connectivity index (χ0) is 32.6. The second kappa shape index (κ2) is 10.7. The van der Waals surface area contributed by atoms with Crippen molar-refractivity contribution in [2.24, 2.45) is 0 Å². The smallest absolute Gasteiger partial charge is 0.0544 e. The van der Waals surface area contributed by atoms with E-state index in [0.29, 0.717) is 0 Å². The molecule has 0 fully saturated rings. The number of para-hydroxylation sites is 2. The maximum Gasteiger partial charge on any atom is 0.0544 e. The van der Waals surface area contributed by atoms with Gasteiger partial charge in [-0.25, -0.2) is 0 Å². The molecule has 0 unspecified atom stereocenters. The average Bonchev–Trinajstić information content (AvgIpc) is 3.52. The van der Waals surface area contributed by atoms with Crippen LogP contribution in [0.15, 0.2) is 145 Å². The summed E-state index contributed by atoms with van der Waals surface area (Å²) in [5.41, 5.74) is 13.7. The molecule has 2 aliphatic carbocycles. The van der Waals surface area contributed by atoms with E-state index in [1.165, 1.54) is 77.5 Å². The maximum absolute atomic E-state index is 2.54. The Kier molecular flexibility index (Phi) is 6.50. The maximum atomic E-state index is 2.54. The fraction of sp³-hybridized carbons (Fsp3) is 0.217. The van der Waals surface area contributed by atoms with Crippen LogP contribution in [-0.2, 0) is 5.41 Å². The summed E-state index contributed by atoms with van der Waals surface area (Å²) in [5.74, 6) is 0. The lowest BCUT2D eigenvalue weighted by Gasteiger charge is -2.42. The van der Waals surface area contributed by atoms with Crippen molar-refractivity contribution in [3.63, 3.8) is 0 Å². The molecule has 5 aromatic carbocycles. The third-order valence-electron chi connectivity index (χ3n) is 11.9. The van der Waals surface area contributed by atoms with Gasteiger partial charge in [-0.05, 0) is 121 Å². The van der Waals surface area contributed by atoms with E-state index in [-0.39, 0.29) is 11.0 Å². The molecule has 9 rings (SSSR count). The highest BCUT2D eigenvalue weighted by Crippen LogP contribution is 2.54. The van der Waals surface area contributed by atoms with Crippen LogP contribution in [0.5, 0.6) is 0 Å². The van der Waals surface area contributed by atoms with Gasteiger partial charge in [-0.2, -0.15) is 0 Å². The Balaban J connectivity index is 0.996. The van der Waals surface area contributed by atoms with Crippen molar-refractivity contribution in [3.05, 3.63) is 156 Å². The molecule has 1 aromatic heterocycles. The van der Waals surface area contributed by atoms with Crippen LogP contribution >= 0.6 is 0 Å². The summed E-state index contributed by atoms with van der Waals surface area (Å²) in [6, 6.07) is 40.5. The molecule has 0 spiro atoms. The molecule has 0 amide bonds. The summed E-state index contributed by atoms with van der Waals surface area (Å²) < 4.78 is 2.50. The van der Waals surface area contributed by atoms with E-state index < -0.39 is 0 Å². The number of anilines is 2. The summed E-state index contributed by atoms with van der Waals surface area (Å²) in [7, 11) is 0. The van der Waals surface area contributed by atoms with Crippen molar-refractivity contribution in [1.29, 1.82) is 0 Å². The summed E-state index contributed by atoms with van der Waals surface area (Å²) in [6.45, 7) is 9.50. The van der Waals surface area contributed by atoms with Gasteiger partial charge in [0.1, 0.15) is 0 Å². The number of aromatic nitrogens is 1. The van der Waals surface area contributed by atoms with Crippen molar-refractivity contribution >= 4 is 55.2 Å². The summed E-state index contributed by atoms with van der Waals surface area (Å²) in [5, 5.41) is 5.25. The highest BCUT2D eigenvalue weighted by Gasteiger charge is 2.51. The normalized spacial score (nSPS) is 18.5. The van der Waals surface area contributed by atoms with Crippen LogP contribution in [-0.4, -0.2) is 10.1 Å². The second-order valence-electron chi connectivity index (χ2n) is 14.9. The second-order valence-corrected chi connectivity index (χ2v) is 14.9. The monoisotopic (exact) mass is 622 g/mol. The third-order valence-corrected chi connectivity index (χ3v) is 11.9. The Morgan fingerprint density at radius 2 is 1.15 bits per heavy atom. The topological polar surface area (TPSA) is 8.17 Å². The van der Waals surface area contributed by atoms with Gasteiger partial charge in [0.15, 0.2) is 0 Å². The number of rotatable bonds is 4. The standard InChI is InChI=1S/C46H42N2/c1-45(2)41-14-8-10-16-43(41)48(46(45,3)4)38-27-23-34(24-28-38)32-19-17-31(18-20-32)33-21-25-37(26-22-33)47-42-15-9-7-13-39(42)40-29-35-11-5-6-12-36(35)30-44(40)47/h5-17,19,21,23-25,27-30H,18,20,22,26H2,1-4H3. The van der Waals surface area contributed by atoms with Crippen molar-refractivity contribution in [3.8, 4) is 0 Å². The zero-order valence-electron chi connectivity index (χ0n) is 28.4. The Morgan fingerprint density at radius 3 is 1.88 bits per heavy atom. The van der Waals surface area contributed by atoms with Crippen LogP contribution in [0.1, 0.15) is 64.5 Å². The molecule has 0 radical (unpaired) electrons. The van der Waals surface area contributed by atoms with E-state index in [1.807, 2.05) is 0 Å². The van der Waals surface area contributed by atoms with E-state index in [0.717, 1.165) is 25.7 Å². The van der Waals surface area contributed by atoms with Gasteiger partial charge >= 0.3 is 0 Å². The SMILES string of the molecule is CC1(C)c2ccccc2N(c2ccc(C3=CC=C(C4=CC=C(n5c6ccccc6c6cc7ccccc7cc65)CC4)CC3)cc2)C1(C)C. The Hall–Kier alpha value is -5.08. The van der Waals surface area contributed by atoms with Crippen LogP contribution in [0.4, 0.5) is 11.4 Å². The number of allylic oxidation sites excluding steroid dienone is 8. The molecule has 1 aliphatic heterocycles. The Bertz CT molecular complexity index is 2390.